The Hall–Kier alpha value is -3.17. The van der Waals surface area contributed by atoms with Crippen LogP contribution in [0.5, 0.6) is 0 Å². The number of hydrogen-bond acceptors (Lipinski definition) is 6. The van der Waals surface area contributed by atoms with Gasteiger partial charge in [-0.05, 0) is 17.7 Å². The molecule has 1 aliphatic rings. The molecule has 1 aliphatic heterocycles. The second-order valence-corrected chi connectivity index (χ2v) is 8.04. The van der Waals surface area contributed by atoms with E-state index in [4.69, 9.17) is 0 Å². The molecule has 0 amide bonds. The summed E-state index contributed by atoms with van der Waals surface area (Å²) in [4.78, 5) is -1.78. The van der Waals surface area contributed by atoms with E-state index in [0.717, 1.165) is 11.8 Å². The van der Waals surface area contributed by atoms with Crippen molar-refractivity contribution in [2.45, 2.75) is 4.90 Å². The number of rotatable bonds is 4. The summed E-state index contributed by atoms with van der Waals surface area (Å²) in [6.45, 7) is 0. The average molecular weight is 458 g/mol. The maximum absolute atomic E-state index is 13.7. The van der Waals surface area contributed by atoms with Crippen LogP contribution in [-0.4, -0.2) is 13.5 Å². The van der Waals surface area contributed by atoms with Crippen molar-refractivity contribution >= 4 is 32.5 Å². The Balaban J connectivity index is 1.90. The lowest BCUT2D eigenvalue weighted by Gasteiger charge is -2.07. The van der Waals surface area contributed by atoms with Gasteiger partial charge in [0.25, 0.3) is 0 Å². The van der Waals surface area contributed by atoms with Crippen molar-refractivity contribution in [1.29, 1.82) is 5.26 Å². The average Bonchev–Trinajstić information content (AvgIpc) is 3.19. The van der Waals surface area contributed by atoms with Crippen LogP contribution in [0.25, 0.3) is 5.57 Å². The Morgan fingerprint density at radius 3 is 2.07 bits per heavy atom. The normalized spacial score (nSPS) is 16.6. The minimum absolute atomic E-state index is 0.138. The Labute approximate surface area is 170 Å². The molecule has 0 aromatic heterocycles. The van der Waals surface area contributed by atoms with Gasteiger partial charge in [0.15, 0.2) is 28.2 Å². The lowest BCUT2D eigenvalue weighted by molar-refractivity contribution is 0.319. The highest BCUT2D eigenvalue weighted by Gasteiger charge is 2.35. The van der Waals surface area contributed by atoms with Gasteiger partial charge in [-0.3, -0.25) is 4.28 Å². The van der Waals surface area contributed by atoms with Gasteiger partial charge in [-0.1, -0.05) is 47.2 Å². The van der Waals surface area contributed by atoms with Crippen LogP contribution in [0.2, 0.25) is 0 Å². The van der Waals surface area contributed by atoms with Crippen LogP contribution in [-0.2, 0) is 14.4 Å². The summed E-state index contributed by atoms with van der Waals surface area (Å²) in [7, 11) is -5.48. The van der Waals surface area contributed by atoms with Crippen LogP contribution in [0.4, 0.5) is 22.0 Å². The molecule has 0 radical (unpaired) electrons. The fourth-order valence-electron chi connectivity index (χ4n) is 2.31. The van der Waals surface area contributed by atoms with Crippen LogP contribution < -0.4 is 0 Å². The summed E-state index contributed by atoms with van der Waals surface area (Å²) < 4.78 is 95.1. The summed E-state index contributed by atoms with van der Waals surface area (Å²) in [6, 6.07) is 10.5. The number of hydrogen-bond donors (Lipinski definition) is 0. The number of halogens is 5. The van der Waals surface area contributed by atoms with Crippen LogP contribution in [0.1, 0.15) is 5.56 Å². The van der Waals surface area contributed by atoms with E-state index in [1.54, 1.807) is 30.3 Å². The summed E-state index contributed by atoms with van der Waals surface area (Å²) >= 11 is 0.802. The van der Waals surface area contributed by atoms with Gasteiger partial charge in [0, 0.05) is 4.91 Å². The number of thioether (sulfide) groups is 1. The fraction of sp³-hybridized carbons (Fsp3) is 0. The second-order valence-electron chi connectivity index (χ2n) is 5.51. The molecule has 0 fully saturated rings. The highest BCUT2D eigenvalue weighted by atomic mass is 32.2. The molecular formula is C18H7F5N2O3S2. The van der Waals surface area contributed by atoms with Gasteiger partial charge in [0.05, 0.1) is 5.57 Å². The number of oxime groups is 1. The summed E-state index contributed by atoms with van der Waals surface area (Å²) in [5.74, 6) is -12.5. The van der Waals surface area contributed by atoms with Gasteiger partial charge in [0.1, 0.15) is 11.1 Å². The molecule has 0 atom stereocenters. The van der Waals surface area contributed by atoms with E-state index in [2.05, 4.69) is 9.44 Å². The lowest BCUT2D eigenvalue weighted by Crippen LogP contribution is -2.14. The van der Waals surface area contributed by atoms with Crippen molar-refractivity contribution in [2.24, 2.45) is 5.16 Å². The van der Waals surface area contributed by atoms with Crippen molar-refractivity contribution in [2.75, 3.05) is 0 Å². The number of allylic oxidation sites excluding steroid dienone is 2. The quantitative estimate of drug-likeness (QED) is 0.219. The van der Waals surface area contributed by atoms with E-state index < -0.39 is 44.1 Å². The largest absolute Gasteiger partial charge is 0.364 e. The van der Waals surface area contributed by atoms with Crippen molar-refractivity contribution in [3.8, 4) is 6.07 Å². The van der Waals surface area contributed by atoms with E-state index in [1.165, 1.54) is 12.2 Å². The molecule has 0 saturated heterocycles. The van der Waals surface area contributed by atoms with Crippen molar-refractivity contribution in [3.63, 3.8) is 0 Å². The summed E-state index contributed by atoms with van der Waals surface area (Å²) in [5, 5.41) is 12.4. The highest BCUT2D eigenvalue weighted by molar-refractivity contribution is 8.18. The predicted molar refractivity (Wildman–Crippen MR) is 97.6 cm³/mol. The molecule has 0 saturated carbocycles. The zero-order valence-corrected chi connectivity index (χ0v) is 16.0. The molecule has 0 spiro atoms. The van der Waals surface area contributed by atoms with E-state index in [-0.39, 0.29) is 10.6 Å². The fourth-order valence-corrected chi connectivity index (χ4v) is 4.06. The number of nitriles is 1. The Kier molecular flexibility index (Phi) is 5.95. The third kappa shape index (κ3) is 3.94. The minimum Gasteiger partial charge on any atom is -0.263 e. The van der Waals surface area contributed by atoms with Crippen molar-refractivity contribution < 1.29 is 34.7 Å². The van der Waals surface area contributed by atoms with E-state index in [0.29, 0.717) is 10.5 Å². The van der Waals surface area contributed by atoms with E-state index in [9.17, 15) is 35.6 Å². The molecule has 154 valence electrons. The topological polar surface area (TPSA) is 79.5 Å². The lowest BCUT2D eigenvalue weighted by atomic mass is 10.1. The molecule has 30 heavy (non-hydrogen) atoms. The van der Waals surface area contributed by atoms with Gasteiger partial charge in [-0.25, -0.2) is 22.0 Å². The van der Waals surface area contributed by atoms with Gasteiger partial charge in [0.2, 0.25) is 5.82 Å². The van der Waals surface area contributed by atoms with Gasteiger partial charge in [-0.15, -0.1) is 0 Å². The van der Waals surface area contributed by atoms with Crippen molar-refractivity contribution in [3.05, 3.63) is 82.0 Å². The third-order valence-electron chi connectivity index (χ3n) is 3.66. The molecule has 0 N–H and O–H groups in total. The van der Waals surface area contributed by atoms with Crippen LogP contribution in [0.3, 0.4) is 0 Å². The zero-order chi connectivity index (χ0) is 22.1. The van der Waals surface area contributed by atoms with E-state index >= 15 is 0 Å². The second kappa shape index (κ2) is 8.29. The standard InChI is InChI=1S/C18H7F5N2O3S2/c19-13-14(20)16(22)18(17(23)15(13)21)30(26,27)28-25-12-7-6-11(29-12)10(8-24)9-4-2-1-3-5-9/h1-7H/b11-10-,25-12+. The molecule has 2 aromatic rings. The smallest absolute Gasteiger partial charge is 0.263 e. The molecular weight excluding hydrogens is 451 g/mol. The Morgan fingerprint density at radius 2 is 1.50 bits per heavy atom. The zero-order valence-electron chi connectivity index (χ0n) is 14.4. The maximum Gasteiger partial charge on any atom is 0.364 e. The molecule has 0 bridgehead atoms. The first kappa shape index (κ1) is 21.5. The number of nitrogens with zero attached hydrogens (tertiary/aromatic N) is 2. The monoisotopic (exact) mass is 458 g/mol. The van der Waals surface area contributed by atoms with Crippen LogP contribution >= 0.6 is 11.8 Å². The first-order valence-electron chi connectivity index (χ1n) is 7.76. The number of benzene rings is 2. The SMILES string of the molecule is N#C/C(=C1C=C/C(=N\OS(=O)(=O)c2c(F)c(F)c(F)c(F)c2F)S\1)c1ccccc1. The molecule has 0 unspecified atom stereocenters. The molecule has 2 aromatic carbocycles. The minimum atomic E-state index is -5.48. The highest BCUT2D eigenvalue weighted by Crippen LogP contribution is 2.34. The first-order chi connectivity index (χ1) is 14.2. The Bertz CT molecular complexity index is 1240. The Morgan fingerprint density at radius 1 is 0.933 bits per heavy atom. The van der Waals surface area contributed by atoms with Crippen LogP contribution in [0.15, 0.2) is 57.4 Å². The summed E-state index contributed by atoms with van der Waals surface area (Å²) in [6.07, 6.45) is 2.66. The molecule has 12 heteroatoms. The van der Waals surface area contributed by atoms with Gasteiger partial charge >= 0.3 is 10.1 Å². The first-order valence-corrected chi connectivity index (χ1v) is 9.98. The molecule has 3 rings (SSSR count). The molecule has 5 nitrogen and oxygen atoms in total. The van der Waals surface area contributed by atoms with E-state index in [1.807, 2.05) is 6.07 Å². The maximum atomic E-state index is 13.7. The molecule has 0 aliphatic carbocycles. The predicted octanol–water partition coefficient (Wildman–Crippen LogP) is 4.64. The van der Waals surface area contributed by atoms with Gasteiger partial charge in [-0.2, -0.15) is 13.7 Å². The van der Waals surface area contributed by atoms with Crippen molar-refractivity contribution in [1.82, 2.24) is 0 Å². The summed E-state index contributed by atoms with van der Waals surface area (Å²) in [5.41, 5.74) is 0.813. The molecule has 1 heterocycles. The van der Waals surface area contributed by atoms with Crippen LogP contribution in [0, 0.1) is 40.4 Å². The van der Waals surface area contributed by atoms with Gasteiger partial charge < -0.3 is 0 Å². The third-order valence-corrected chi connectivity index (χ3v) is 5.77.